The number of carbonyl (C=O) groups excluding carboxylic acids is 2. The highest BCUT2D eigenvalue weighted by Gasteiger charge is 2.54. The highest BCUT2D eigenvalue weighted by molar-refractivity contribution is 5.75. The molecule has 2 unspecified atom stereocenters. The Hall–Kier alpha value is -2.89. The van der Waals surface area contributed by atoms with Gasteiger partial charge >= 0.3 is 12.1 Å². The molecule has 1 aromatic rings. The average molecular weight is 510 g/mol. The van der Waals surface area contributed by atoms with E-state index < -0.39 is 0 Å². The molecule has 0 bridgehead atoms. The monoisotopic (exact) mass is 509 g/mol. The SMILES string of the molecule is CCOC(=O)N[C@H]1CC[C@H]2C(/C=C/C3=CC=C(c4cccc(F)c4)C(C)C3)[C@@H]3[C@H](C)OC(=O)[C@@H]3C[C@H]2C1.[HH]. The van der Waals surface area contributed by atoms with Crippen LogP contribution in [0.2, 0.25) is 0 Å². The molecular weight excluding hydrogens is 469 g/mol. The second-order valence-corrected chi connectivity index (χ2v) is 11.3. The van der Waals surface area contributed by atoms with Crippen molar-refractivity contribution >= 4 is 17.6 Å². The molecule has 200 valence electrons. The molecule has 4 aliphatic rings. The van der Waals surface area contributed by atoms with E-state index in [4.69, 9.17) is 9.47 Å². The Balaban J connectivity index is 0.00000336. The number of nitrogens with one attached hydrogen (secondary N) is 1. The zero-order chi connectivity index (χ0) is 26.1. The van der Waals surface area contributed by atoms with Gasteiger partial charge in [0, 0.05) is 13.4 Å². The molecular formula is C31H40FNO4. The molecule has 1 amide bonds. The van der Waals surface area contributed by atoms with Crippen LogP contribution in [-0.4, -0.2) is 30.8 Å². The first-order valence-corrected chi connectivity index (χ1v) is 13.8. The Morgan fingerprint density at radius 1 is 1.24 bits per heavy atom. The zero-order valence-corrected chi connectivity index (χ0v) is 22.0. The fourth-order valence-electron chi connectivity index (χ4n) is 7.39. The maximum Gasteiger partial charge on any atom is 0.407 e. The Morgan fingerprint density at radius 3 is 2.84 bits per heavy atom. The van der Waals surface area contributed by atoms with Gasteiger partial charge in [0.2, 0.25) is 0 Å². The number of ether oxygens (including phenoxy) is 2. The molecule has 3 aliphatic carbocycles. The number of carbonyl (C=O) groups is 2. The van der Waals surface area contributed by atoms with Gasteiger partial charge in [-0.25, -0.2) is 9.18 Å². The van der Waals surface area contributed by atoms with E-state index in [0.29, 0.717) is 18.4 Å². The summed E-state index contributed by atoms with van der Waals surface area (Å²) < 4.78 is 24.6. The number of alkyl carbamates (subject to hydrolysis) is 1. The van der Waals surface area contributed by atoms with Crippen LogP contribution in [0.3, 0.4) is 0 Å². The lowest BCUT2D eigenvalue weighted by Crippen LogP contribution is -2.48. The Bertz CT molecular complexity index is 1130. The van der Waals surface area contributed by atoms with Crippen molar-refractivity contribution in [3.05, 3.63) is 65.5 Å². The van der Waals surface area contributed by atoms with Crippen molar-refractivity contribution in [2.75, 3.05) is 6.61 Å². The van der Waals surface area contributed by atoms with E-state index >= 15 is 0 Å². The summed E-state index contributed by atoms with van der Waals surface area (Å²) in [5, 5.41) is 3.02. The summed E-state index contributed by atoms with van der Waals surface area (Å²) >= 11 is 0. The van der Waals surface area contributed by atoms with Crippen LogP contribution in [0.1, 0.15) is 59.9 Å². The van der Waals surface area contributed by atoms with Crippen LogP contribution >= 0.6 is 0 Å². The van der Waals surface area contributed by atoms with Gasteiger partial charge in [0.15, 0.2) is 0 Å². The van der Waals surface area contributed by atoms with Crippen LogP contribution < -0.4 is 5.32 Å². The summed E-state index contributed by atoms with van der Waals surface area (Å²) in [5.41, 5.74) is 3.35. The summed E-state index contributed by atoms with van der Waals surface area (Å²) in [6, 6.07) is 6.89. The quantitative estimate of drug-likeness (QED) is 0.448. The molecule has 3 fully saturated rings. The highest BCUT2D eigenvalue weighted by atomic mass is 19.1. The number of hydrogen-bond acceptors (Lipinski definition) is 4. The molecule has 1 saturated heterocycles. The van der Waals surface area contributed by atoms with E-state index in [-0.39, 0.29) is 55.1 Å². The summed E-state index contributed by atoms with van der Waals surface area (Å²) in [4.78, 5) is 24.7. The maximum atomic E-state index is 13.8. The van der Waals surface area contributed by atoms with Crippen molar-refractivity contribution in [3.8, 4) is 0 Å². The van der Waals surface area contributed by atoms with Gasteiger partial charge in [-0.05, 0) is 98.5 Å². The molecule has 0 radical (unpaired) electrons. The third kappa shape index (κ3) is 5.39. The van der Waals surface area contributed by atoms with E-state index in [1.54, 1.807) is 12.1 Å². The first-order chi connectivity index (χ1) is 17.8. The summed E-state index contributed by atoms with van der Waals surface area (Å²) in [5.74, 6) is 1.23. The molecule has 2 saturated carbocycles. The first kappa shape index (κ1) is 25.7. The number of hydrogen-bond donors (Lipinski definition) is 1. The lowest BCUT2D eigenvalue weighted by atomic mass is 9.57. The molecule has 5 rings (SSSR count). The van der Waals surface area contributed by atoms with Gasteiger partial charge in [-0.2, -0.15) is 0 Å². The Labute approximate surface area is 220 Å². The van der Waals surface area contributed by atoms with E-state index in [1.807, 2.05) is 19.9 Å². The van der Waals surface area contributed by atoms with Crippen LogP contribution in [0.25, 0.3) is 5.57 Å². The van der Waals surface area contributed by atoms with E-state index in [2.05, 4.69) is 36.5 Å². The van der Waals surface area contributed by atoms with Crippen LogP contribution in [0.5, 0.6) is 0 Å². The molecule has 8 atom stereocenters. The van der Waals surface area contributed by atoms with Crippen molar-refractivity contribution in [1.82, 2.24) is 5.32 Å². The van der Waals surface area contributed by atoms with Crippen LogP contribution in [0, 0.1) is 41.3 Å². The molecule has 5 nitrogen and oxygen atoms in total. The topological polar surface area (TPSA) is 64.6 Å². The lowest BCUT2D eigenvalue weighted by molar-refractivity contribution is -0.144. The number of halogens is 1. The number of cyclic esters (lactones) is 1. The molecule has 1 heterocycles. The maximum absolute atomic E-state index is 13.8. The number of amides is 1. The molecule has 1 aliphatic heterocycles. The minimum atomic E-state index is -0.353. The van der Waals surface area contributed by atoms with Gasteiger partial charge in [0.25, 0.3) is 0 Å². The fourth-order valence-corrected chi connectivity index (χ4v) is 7.39. The van der Waals surface area contributed by atoms with E-state index in [1.165, 1.54) is 11.6 Å². The predicted molar refractivity (Wildman–Crippen MR) is 143 cm³/mol. The molecule has 37 heavy (non-hydrogen) atoms. The largest absolute Gasteiger partial charge is 0.462 e. The summed E-state index contributed by atoms with van der Waals surface area (Å²) in [7, 11) is 0. The Kier molecular flexibility index (Phi) is 7.55. The van der Waals surface area contributed by atoms with E-state index in [9.17, 15) is 14.0 Å². The van der Waals surface area contributed by atoms with Gasteiger partial charge in [-0.1, -0.05) is 43.4 Å². The van der Waals surface area contributed by atoms with Crippen molar-refractivity contribution in [1.29, 1.82) is 0 Å². The number of esters is 1. The third-order valence-electron chi connectivity index (χ3n) is 8.99. The van der Waals surface area contributed by atoms with Crippen molar-refractivity contribution < 1.29 is 24.9 Å². The molecule has 0 spiro atoms. The lowest BCUT2D eigenvalue weighted by Gasteiger charge is -2.47. The van der Waals surface area contributed by atoms with Gasteiger partial charge in [0.05, 0.1) is 12.5 Å². The minimum Gasteiger partial charge on any atom is -0.462 e. The Morgan fingerprint density at radius 2 is 2.08 bits per heavy atom. The minimum absolute atomic E-state index is 0. The van der Waals surface area contributed by atoms with Crippen molar-refractivity contribution in [3.63, 3.8) is 0 Å². The van der Waals surface area contributed by atoms with Crippen LogP contribution in [0.15, 0.2) is 54.1 Å². The normalized spacial score (nSPS) is 35.2. The van der Waals surface area contributed by atoms with Gasteiger partial charge in [-0.15, -0.1) is 0 Å². The first-order valence-electron chi connectivity index (χ1n) is 13.8. The second-order valence-electron chi connectivity index (χ2n) is 11.3. The zero-order valence-electron chi connectivity index (χ0n) is 22.0. The van der Waals surface area contributed by atoms with Crippen LogP contribution in [0.4, 0.5) is 9.18 Å². The third-order valence-corrected chi connectivity index (χ3v) is 8.99. The summed E-state index contributed by atoms with van der Waals surface area (Å²) in [6.45, 7) is 6.39. The molecule has 0 aromatic heterocycles. The van der Waals surface area contributed by atoms with Gasteiger partial charge in [0.1, 0.15) is 11.9 Å². The number of rotatable bonds is 5. The summed E-state index contributed by atoms with van der Waals surface area (Å²) in [6.07, 6.45) is 13.0. The van der Waals surface area contributed by atoms with Gasteiger partial charge < -0.3 is 14.8 Å². The van der Waals surface area contributed by atoms with Crippen molar-refractivity contribution in [2.24, 2.45) is 35.5 Å². The van der Waals surface area contributed by atoms with E-state index in [0.717, 1.165) is 43.2 Å². The van der Waals surface area contributed by atoms with Crippen LogP contribution in [-0.2, 0) is 14.3 Å². The number of benzene rings is 1. The molecule has 1 N–H and O–H groups in total. The predicted octanol–water partition coefficient (Wildman–Crippen LogP) is 6.71. The molecule has 6 heteroatoms. The average Bonchev–Trinajstić information content (AvgIpc) is 3.14. The number of allylic oxidation sites excluding steroid dienone is 6. The van der Waals surface area contributed by atoms with Gasteiger partial charge in [-0.3, -0.25) is 4.79 Å². The van der Waals surface area contributed by atoms with Crippen molar-refractivity contribution in [2.45, 2.75) is 65.0 Å². The molecule has 1 aromatic carbocycles. The smallest absolute Gasteiger partial charge is 0.407 e. The fraction of sp³-hybridized carbons (Fsp3) is 0.548. The standard InChI is InChI=1S/C31H38FNO4.H2/c1-4-36-31(35)33-24-10-13-26-22(16-24)17-28-29(19(3)37-30(28)34)27(26)12-9-20-8-11-25(18(2)14-20)21-6-5-7-23(32)15-21;/h5-9,11-12,15,18-19,22,24,26-29H,4,10,13-14,16-17H2,1-3H3,(H,33,35);1H/b12-9+;/t18?,19-,22+,24-,26+,27?,28+,29-;/m0./s1. The second kappa shape index (κ2) is 10.8. The highest BCUT2D eigenvalue weighted by Crippen LogP contribution is 2.53. The number of fused-ring (bicyclic) bond motifs is 2.